The van der Waals surface area contributed by atoms with Crippen molar-refractivity contribution in [2.45, 2.75) is 47.0 Å². The van der Waals surface area contributed by atoms with Gasteiger partial charge in [0, 0.05) is 11.1 Å². The van der Waals surface area contributed by atoms with Gasteiger partial charge in [0.1, 0.15) is 5.75 Å². The third-order valence-corrected chi connectivity index (χ3v) is 6.12. The molecule has 0 amide bonds. The Morgan fingerprint density at radius 2 is 1.86 bits per heavy atom. The monoisotopic (exact) mass is 284 g/mol. The lowest BCUT2D eigenvalue weighted by molar-refractivity contribution is 0.194. The molecule has 2 aliphatic carbocycles. The highest BCUT2D eigenvalue weighted by molar-refractivity contribution is 6.00. The van der Waals surface area contributed by atoms with Crippen molar-refractivity contribution < 1.29 is 5.11 Å². The smallest absolute Gasteiger partial charge is 0.115 e. The topological polar surface area (TPSA) is 45.0 Å². The fourth-order valence-electron chi connectivity index (χ4n) is 3.98. The number of phenolic OH excluding ortho intramolecular Hbond substituents is 1. The third-order valence-electron chi connectivity index (χ3n) is 6.12. The van der Waals surface area contributed by atoms with Crippen LogP contribution in [0.5, 0.6) is 5.75 Å². The quantitative estimate of drug-likeness (QED) is 0.635. The van der Waals surface area contributed by atoms with Crippen molar-refractivity contribution in [3.8, 4) is 5.75 Å². The number of hydrogen-bond acceptors (Lipinski definition) is 3. The Hall–Kier alpha value is -1.64. The van der Waals surface area contributed by atoms with Crippen LogP contribution in [-0.4, -0.2) is 16.5 Å². The van der Waals surface area contributed by atoms with E-state index in [9.17, 15) is 5.11 Å². The zero-order valence-corrected chi connectivity index (χ0v) is 13.3. The summed E-state index contributed by atoms with van der Waals surface area (Å²) in [7, 11) is 0. The molecule has 0 radical (unpaired) electrons. The molecule has 2 fully saturated rings. The van der Waals surface area contributed by atoms with Crippen LogP contribution in [0.25, 0.3) is 0 Å². The Morgan fingerprint density at radius 1 is 1.19 bits per heavy atom. The van der Waals surface area contributed by atoms with Crippen LogP contribution >= 0.6 is 0 Å². The first-order valence-corrected chi connectivity index (χ1v) is 7.75. The fraction of sp³-hybridized carbons (Fsp3) is 0.556. The predicted octanol–water partition coefficient (Wildman–Crippen LogP) is 4.40. The summed E-state index contributed by atoms with van der Waals surface area (Å²) in [5.74, 6) is 1.03. The van der Waals surface area contributed by atoms with Gasteiger partial charge in [0.15, 0.2) is 0 Å². The summed E-state index contributed by atoms with van der Waals surface area (Å²) in [6, 6.07) is 7.12. The van der Waals surface area contributed by atoms with Gasteiger partial charge in [-0.3, -0.25) is 0 Å². The van der Waals surface area contributed by atoms with Crippen LogP contribution in [0, 0.1) is 16.7 Å². The van der Waals surface area contributed by atoms with E-state index in [1.54, 1.807) is 12.1 Å². The SMILES string of the molecule is CC(=NN=C1CC2CCC1(C)C2(C)C)c1ccc(O)cc1. The van der Waals surface area contributed by atoms with Gasteiger partial charge in [0.25, 0.3) is 0 Å². The van der Waals surface area contributed by atoms with Gasteiger partial charge in [-0.15, -0.1) is 0 Å². The number of rotatable bonds is 2. The normalized spacial score (nSPS) is 32.9. The van der Waals surface area contributed by atoms with Crippen LogP contribution in [0.15, 0.2) is 34.5 Å². The summed E-state index contributed by atoms with van der Waals surface area (Å²) >= 11 is 0. The lowest BCUT2D eigenvalue weighted by atomic mass is 9.70. The molecular weight excluding hydrogens is 260 g/mol. The molecule has 2 aliphatic rings. The largest absolute Gasteiger partial charge is 0.508 e. The zero-order valence-electron chi connectivity index (χ0n) is 13.3. The molecule has 0 spiro atoms. The van der Waals surface area contributed by atoms with Crippen molar-refractivity contribution in [1.82, 2.24) is 0 Å². The summed E-state index contributed by atoms with van der Waals surface area (Å²) in [5.41, 5.74) is 3.71. The molecule has 3 rings (SSSR count). The van der Waals surface area contributed by atoms with E-state index in [2.05, 4.69) is 31.0 Å². The number of nitrogens with zero attached hydrogens (tertiary/aromatic N) is 2. The number of fused-ring (bicyclic) bond motifs is 2. The van der Waals surface area contributed by atoms with E-state index in [0.29, 0.717) is 5.41 Å². The molecule has 1 aromatic carbocycles. The minimum Gasteiger partial charge on any atom is -0.508 e. The molecular formula is C18H24N2O. The molecule has 0 aliphatic heterocycles. The van der Waals surface area contributed by atoms with Crippen LogP contribution in [0.1, 0.15) is 52.5 Å². The first-order valence-electron chi connectivity index (χ1n) is 7.75. The molecule has 2 atom stereocenters. The standard InChI is InChI=1S/C18H24N2O/c1-12(13-5-7-15(21)8-6-13)19-20-16-11-14-9-10-18(16,4)17(14,2)3/h5-8,14,21H,9-11H2,1-4H3. The van der Waals surface area contributed by atoms with Crippen molar-refractivity contribution in [3.05, 3.63) is 29.8 Å². The Balaban J connectivity index is 1.87. The van der Waals surface area contributed by atoms with Gasteiger partial charge < -0.3 is 5.11 Å². The molecule has 3 heteroatoms. The van der Waals surface area contributed by atoms with Gasteiger partial charge >= 0.3 is 0 Å². The Morgan fingerprint density at radius 3 is 2.38 bits per heavy atom. The molecule has 0 aromatic heterocycles. The molecule has 3 nitrogen and oxygen atoms in total. The number of phenols is 1. The summed E-state index contributed by atoms with van der Waals surface area (Å²) < 4.78 is 0. The molecule has 2 saturated carbocycles. The summed E-state index contributed by atoms with van der Waals surface area (Å²) in [5, 5.41) is 18.4. The van der Waals surface area contributed by atoms with Gasteiger partial charge in [-0.2, -0.15) is 10.2 Å². The van der Waals surface area contributed by atoms with Crippen molar-refractivity contribution in [2.24, 2.45) is 27.0 Å². The van der Waals surface area contributed by atoms with Gasteiger partial charge in [0.2, 0.25) is 0 Å². The lowest BCUT2D eigenvalue weighted by Crippen LogP contribution is -2.32. The van der Waals surface area contributed by atoms with E-state index in [0.717, 1.165) is 23.6 Å². The second-order valence-electron chi connectivity index (χ2n) is 7.27. The second kappa shape index (κ2) is 4.69. The molecule has 1 aromatic rings. The maximum Gasteiger partial charge on any atom is 0.115 e. The van der Waals surface area contributed by atoms with E-state index in [1.807, 2.05) is 19.1 Å². The van der Waals surface area contributed by atoms with E-state index >= 15 is 0 Å². The molecule has 112 valence electrons. The highest BCUT2D eigenvalue weighted by atomic mass is 16.3. The molecule has 1 N–H and O–H groups in total. The summed E-state index contributed by atoms with van der Waals surface area (Å²) in [6.07, 6.45) is 3.65. The average molecular weight is 284 g/mol. The number of aromatic hydroxyl groups is 1. The van der Waals surface area contributed by atoms with E-state index in [4.69, 9.17) is 0 Å². The zero-order chi connectivity index (χ0) is 15.3. The maximum absolute atomic E-state index is 9.34. The van der Waals surface area contributed by atoms with Crippen molar-refractivity contribution >= 4 is 11.4 Å². The highest BCUT2D eigenvalue weighted by Gasteiger charge is 2.59. The first kappa shape index (κ1) is 14.3. The van der Waals surface area contributed by atoms with Crippen LogP contribution in [-0.2, 0) is 0 Å². The summed E-state index contributed by atoms with van der Waals surface area (Å²) in [6.45, 7) is 9.08. The molecule has 0 saturated heterocycles. The van der Waals surface area contributed by atoms with Crippen LogP contribution in [0.3, 0.4) is 0 Å². The van der Waals surface area contributed by atoms with Crippen molar-refractivity contribution in [1.29, 1.82) is 0 Å². The van der Waals surface area contributed by atoms with Crippen molar-refractivity contribution in [2.75, 3.05) is 0 Å². The Bertz CT molecular complexity index is 613. The van der Waals surface area contributed by atoms with Crippen LogP contribution in [0.2, 0.25) is 0 Å². The van der Waals surface area contributed by atoms with Crippen molar-refractivity contribution in [3.63, 3.8) is 0 Å². The first-order chi connectivity index (χ1) is 9.84. The summed E-state index contributed by atoms with van der Waals surface area (Å²) in [4.78, 5) is 0. The van der Waals surface area contributed by atoms with Crippen LogP contribution < -0.4 is 0 Å². The van der Waals surface area contributed by atoms with Gasteiger partial charge in [0.05, 0.1) is 5.71 Å². The van der Waals surface area contributed by atoms with Gasteiger partial charge in [-0.05, 0) is 67.3 Å². The van der Waals surface area contributed by atoms with E-state index in [-0.39, 0.29) is 11.2 Å². The number of hydrogen-bond donors (Lipinski definition) is 1. The van der Waals surface area contributed by atoms with Gasteiger partial charge in [-0.1, -0.05) is 20.8 Å². The van der Waals surface area contributed by atoms with E-state index in [1.165, 1.54) is 18.6 Å². The average Bonchev–Trinajstić information content (AvgIpc) is 2.78. The second-order valence-corrected chi connectivity index (χ2v) is 7.27. The predicted molar refractivity (Wildman–Crippen MR) is 87.0 cm³/mol. The minimum absolute atomic E-state index is 0.205. The Kier molecular flexibility index (Phi) is 3.19. The fourth-order valence-corrected chi connectivity index (χ4v) is 3.98. The Labute approximate surface area is 126 Å². The lowest BCUT2D eigenvalue weighted by Gasteiger charge is -2.34. The molecule has 2 unspecified atom stereocenters. The van der Waals surface area contributed by atoms with Gasteiger partial charge in [-0.25, -0.2) is 0 Å². The van der Waals surface area contributed by atoms with E-state index < -0.39 is 0 Å². The maximum atomic E-state index is 9.34. The third kappa shape index (κ3) is 2.10. The minimum atomic E-state index is 0.205. The number of benzene rings is 1. The van der Waals surface area contributed by atoms with Crippen LogP contribution in [0.4, 0.5) is 0 Å². The molecule has 21 heavy (non-hydrogen) atoms. The molecule has 0 heterocycles. The molecule has 2 bridgehead atoms. The highest BCUT2D eigenvalue weighted by Crippen LogP contribution is 2.63.